The predicted molar refractivity (Wildman–Crippen MR) is 71.7 cm³/mol. The van der Waals surface area contributed by atoms with Gasteiger partial charge in [0.2, 0.25) is 5.91 Å². The lowest BCUT2D eigenvalue weighted by Crippen LogP contribution is -2.57. The van der Waals surface area contributed by atoms with Crippen molar-refractivity contribution < 1.29 is 4.79 Å². The van der Waals surface area contributed by atoms with Gasteiger partial charge in [0.25, 0.3) is 0 Å². The number of nitrogens with two attached hydrogens (primary N) is 1. The second kappa shape index (κ2) is 5.85. The van der Waals surface area contributed by atoms with E-state index in [-0.39, 0.29) is 11.9 Å². The van der Waals surface area contributed by atoms with Crippen LogP contribution in [0.3, 0.4) is 0 Å². The minimum atomic E-state index is -0.585. The van der Waals surface area contributed by atoms with Gasteiger partial charge in [-0.1, -0.05) is 33.1 Å². The molecule has 1 unspecified atom stereocenters. The number of carbonyl (C=O) groups excluding carboxylic acids is 1. The van der Waals surface area contributed by atoms with E-state index in [0.29, 0.717) is 5.92 Å². The number of amides is 1. The van der Waals surface area contributed by atoms with Crippen LogP contribution in [0.4, 0.5) is 0 Å². The Balaban J connectivity index is 2.61. The molecule has 17 heavy (non-hydrogen) atoms. The molecule has 1 aliphatic rings. The van der Waals surface area contributed by atoms with Gasteiger partial charge in [0.05, 0.1) is 5.54 Å². The molecule has 0 aromatic heterocycles. The molecule has 100 valence electrons. The Morgan fingerprint density at radius 3 is 2.24 bits per heavy atom. The summed E-state index contributed by atoms with van der Waals surface area (Å²) in [6.45, 7) is 6.49. The summed E-state index contributed by atoms with van der Waals surface area (Å²) in [7, 11) is 1.90. The van der Waals surface area contributed by atoms with Gasteiger partial charge in [-0.2, -0.15) is 0 Å². The van der Waals surface area contributed by atoms with E-state index in [1.807, 2.05) is 11.9 Å². The molecule has 0 radical (unpaired) electrons. The molecule has 1 atom stereocenters. The maximum absolute atomic E-state index is 12.4. The average Bonchev–Trinajstić information content (AvgIpc) is 2.27. The Morgan fingerprint density at radius 2 is 1.76 bits per heavy atom. The summed E-state index contributed by atoms with van der Waals surface area (Å²) in [5.74, 6) is 0.755. The van der Waals surface area contributed by atoms with Crippen molar-refractivity contribution in [2.45, 2.75) is 70.9 Å². The summed E-state index contributed by atoms with van der Waals surface area (Å²) in [4.78, 5) is 14.3. The second-order valence-electron chi connectivity index (χ2n) is 6.11. The van der Waals surface area contributed by atoms with Gasteiger partial charge in [-0.3, -0.25) is 4.79 Å². The lowest BCUT2D eigenvalue weighted by atomic mass is 9.81. The van der Waals surface area contributed by atoms with Gasteiger partial charge in [-0.15, -0.1) is 0 Å². The fourth-order valence-corrected chi connectivity index (χ4v) is 2.79. The van der Waals surface area contributed by atoms with E-state index in [0.717, 1.165) is 32.1 Å². The zero-order valence-corrected chi connectivity index (χ0v) is 11.8. The van der Waals surface area contributed by atoms with Crippen LogP contribution in [0.1, 0.15) is 59.3 Å². The first-order valence-electron chi connectivity index (χ1n) is 6.93. The van der Waals surface area contributed by atoms with Crippen molar-refractivity contribution in [3.63, 3.8) is 0 Å². The summed E-state index contributed by atoms with van der Waals surface area (Å²) in [5, 5.41) is 0. The van der Waals surface area contributed by atoms with Gasteiger partial charge in [-0.05, 0) is 32.1 Å². The number of likely N-dealkylation sites (N-methyl/N-ethyl adjacent to an activating group) is 1. The van der Waals surface area contributed by atoms with Crippen molar-refractivity contribution in [3.05, 3.63) is 0 Å². The van der Waals surface area contributed by atoms with Crippen LogP contribution in [0.25, 0.3) is 0 Å². The van der Waals surface area contributed by atoms with Crippen LogP contribution >= 0.6 is 0 Å². The van der Waals surface area contributed by atoms with E-state index in [1.165, 1.54) is 6.42 Å². The maximum Gasteiger partial charge on any atom is 0.242 e. The number of hydrogen-bond donors (Lipinski definition) is 1. The normalized spacial score (nSPS) is 21.3. The molecule has 1 fully saturated rings. The molecule has 0 bridgehead atoms. The van der Waals surface area contributed by atoms with Crippen LogP contribution in [0.15, 0.2) is 0 Å². The summed E-state index contributed by atoms with van der Waals surface area (Å²) >= 11 is 0. The fourth-order valence-electron chi connectivity index (χ4n) is 2.79. The third-order valence-corrected chi connectivity index (χ3v) is 3.97. The molecule has 1 rings (SSSR count). The molecule has 1 aliphatic carbocycles. The van der Waals surface area contributed by atoms with E-state index in [2.05, 4.69) is 20.8 Å². The van der Waals surface area contributed by atoms with E-state index in [4.69, 9.17) is 5.73 Å². The molecule has 0 heterocycles. The highest BCUT2D eigenvalue weighted by molar-refractivity contribution is 5.86. The van der Waals surface area contributed by atoms with E-state index in [1.54, 1.807) is 0 Å². The van der Waals surface area contributed by atoms with E-state index < -0.39 is 5.54 Å². The molecule has 0 spiro atoms. The first-order chi connectivity index (χ1) is 7.87. The number of hydrogen-bond acceptors (Lipinski definition) is 2. The largest absolute Gasteiger partial charge is 0.341 e. The summed E-state index contributed by atoms with van der Waals surface area (Å²) in [5.41, 5.74) is 5.70. The molecule has 0 saturated heterocycles. The van der Waals surface area contributed by atoms with Crippen LogP contribution in [0.5, 0.6) is 0 Å². The van der Waals surface area contributed by atoms with Crippen LogP contribution in [-0.4, -0.2) is 29.4 Å². The molecule has 3 heteroatoms. The molecule has 0 aromatic carbocycles. The quantitative estimate of drug-likeness (QED) is 0.821. The zero-order chi connectivity index (χ0) is 13.1. The van der Waals surface area contributed by atoms with Crippen molar-refractivity contribution in [2.75, 3.05) is 7.05 Å². The van der Waals surface area contributed by atoms with E-state index in [9.17, 15) is 4.79 Å². The molecular weight excluding hydrogens is 212 g/mol. The van der Waals surface area contributed by atoms with Crippen LogP contribution in [0, 0.1) is 5.92 Å². The third-order valence-electron chi connectivity index (χ3n) is 3.97. The van der Waals surface area contributed by atoms with E-state index >= 15 is 0 Å². The molecular formula is C14H28N2O. The predicted octanol–water partition coefficient (Wildman–Crippen LogP) is 2.54. The highest BCUT2D eigenvalue weighted by atomic mass is 16.2. The Bertz CT molecular complexity index is 257. The minimum Gasteiger partial charge on any atom is -0.341 e. The van der Waals surface area contributed by atoms with Crippen molar-refractivity contribution in [1.82, 2.24) is 4.90 Å². The van der Waals surface area contributed by atoms with Crippen molar-refractivity contribution >= 4 is 5.91 Å². The highest BCUT2D eigenvalue weighted by Gasteiger charge is 2.38. The van der Waals surface area contributed by atoms with Gasteiger partial charge in [0, 0.05) is 13.1 Å². The lowest BCUT2D eigenvalue weighted by molar-refractivity contribution is -0.139. The molecule has 3 nitrogen and oxygen atoms in total. The average molecular weight is 240 g/mol. The Hall–Kier alpha value is -0.570. The summed E-state index contributed by atoms with van der Waals surface area (Å²) in [6.07, 6.45) is 6.15. The maximum atomic E-state index is 12.4. The van der Waals surface area contributed by atoms with Crippen molar-refractivity contribution in [3.8, 4) is 0 Å². The summed E-state index contributed by atoms with van der Waals surface area (Å²) < 4.78 is 0. The first-order valence-corrected chi connectivity index (χ1v) is 6.93. The molecule has 1 amide bonds. The molecule has 0 aliphatic heterocycles. The van der Waals surface area contributed by atoms with Crippen LogP contribution < -0.4 is 5.73 Å². The van der Waals surface area contributed by atoms with Crippen molar-refractivity contribution in [2.24, 2.45) is 11.7 Å². The fraction of sp³-hybridized carbons (Fsp3) is 0.929. The minimum absolute atomic E-state index is 0.144. The second-order valence-corrected chi connectivity index (χ2v) is 6.11. The standard InChI is InChI=1S/C14H28N2O/c1-11(2)10-12(3)16(4)13(17)14(15)8-6-5-7-9-14/h11-12H,5-10,15H2,1-4H3. The highest BCUT2D eigenvalue weighted by Crippen LogP contribution is 2.28. The number of nitrogens with zero attached hydrogens (tertiary/aromatic N) is 1. The van der Waals surface area contributed by atoms with Crippen LogP contribution in [0.2, 0.25) is 0 Å². The zero-order valence-electron chi connectivity index (χ0n) is 11.8. The van der Waals surface area contributed by atoms with Crippen LogP contribution in [-0.2, 0) is 4.79 Å². The molecule has 0 aromatic rings. The summed E-state index contributed by atoms with van der Waals surface area (Å²) in [6, 6.07) is 0.282. The SMILES string of the molecule is CC(C)CC(C)N(C)C(=O)C1(N)CCCCC1. The number of carbonyl (C=O) groups is 1. The monoisotopic (exact) mass is 240 g/mol. The Labute approximate surface area is 106 Å². The van der Waals surface area contributed by atoms with Crippen molar-refractivity contribution in [1.29, 1.82) is 0 Å². The van der Waals surface area contributed by atoms with Gasteiger partial charge >= 0.3 is 0 Å². The molecule has 1 saturated carbocycles. The lowest BCUT2D eigenvalue weighted by Gasteiger charge is -2.38. The van der Waals surface area contributed by atoms with Gasteiger partial charge in [-0.25, -0.2) is 0 Å². The third kappa shape index (κ3) is 3.70. The van der Waals surface area contributed by atoms with Gasteiger partial charge in [0.1, 0.15) is 0 Å². The Morgan fingerprint density at radius 1 is 1.24 bits per heavy atom. The Kier molecular flexibility index (Phi) is 4.99. The topological polar surface area (TPSA) is 46.3 Å². The molecule has 2 N–H and O–H groups in total. The van der Waals surface area contributed by atoms with Gasteiger partial charge in [0.15, 0.2) is 0 Å². The first kappa shape index (κ1) is 14.5. The smallest absolute Gasteiger partial charge is 0.242 e. The van der Waals surface area contributed by atoms with Gasteiger partial charge < -0.3 is 10.6 Å². The number of rotatable bonds is 4.